The molecule has 0 aliphatic rings. The Morgan fingerprint density at radius 3 is 0.686 bits per heavy atom. The lowest BCUT2D eigenvalue weighted by molar-refractivity contribution is -0.159. The fourth-order valence-electron chi connectivity index (χ4n) is 5.63. The van der Waals surface area contributed by atoms with Gasteiger partial charge in [-0.1, -0.05) is 194 Å². The molecule has 308 valence electrons. The van der Waals surface area contributed by atoms with Gasteiger partial charge in [0.15, 0.2) is 0 Å². The van der Waals surface area contributed by atoms with Gasteiger partial charge in [0.1, 0.15) is 12.2 Å². The normalized spacial score (nSPS) is 10.9. The Morgan fingerprint density at radius 2 is 0.529 bits per heavy atom. The number of hydrogen-bond donors (Lipinski definition) is 6. The molecule has 0 rings (SSSR count). The van der Waals surface area contributed by atoms with Crippen LogP contribution in [0.3, 0.4) is 0 Å². The van der Waals surface area contributed by atoms with Gasteiger partial charge in [0.2, 0.25) is 0 Å². The maximum Gasteiger partial charge on any atom is 0.313 e. The summed E-state index contributed by atoms with van der Waals surface area (Å²) >= 11 is 0. The van der Waals surface area contributed by atoms with Crippen molar-refractivity contribution in [2.24, 2.45) is 0 Å². The van der Waals surface area contributed by atoms with E-state index in [2.05, 4.69) is 13.8 Å². The quantitative estimate of drug-likeness (QED) is 0.0209. The van der Waals surface area contributed by atoms with Crippen molar-refractivity contribution in [3.63, 3.8) is 0 Å². The number of unbranched alkanes of at least 4 members (excludes halogenated alkanes) is 28. The highest BCUT2D eigenvalue weighted by Crippen LogP contribution is 2.15. The van der Waals surface area contributed by atoms with Gasteiger partial charge in [-0.05, 0) is 12.8 Å². The van der Waals surface area contributed by atoms with E-state index in [1.54, 1.807) is 0 Å². The molecule has 0 spiro atoms. The summed E-state index contributed by atoms with van der Waals surface area (Å²) < 4.78 is 5.01. The lowest BCUT2D eigenvalue weighted by Crippen LogP contribution is -2.15. The van der Waals surface area contributed by atoms with Crippen LogP contribution in [0, 0.1) is 0 Å². The highest BCUT2D eigenvalue weighted by atomic mass is 16.6. The number of rotatable bonds is 36. The molecule has 0 unspecified atom stereocenters. The van der Waals surface area contributed by atoms with Crippen molar-refractivity contribution in [2.75, 3.05) is 26.4 Å². The average Bonchev–Trinajstić information content (AvgIpc) is 3.14. The Labute approximate surface area is 314 Å². The second-order valence-corrected chi connectivity index (χ2v) is 14.3. The van der Waals surface area contributed by atoms with Gasteiger partial charge in [-0.25, -0.2) is 0 Å². The highest BCUT2D eigenvalue weighted by molar-refractivity contribution is 5.85. The molecule has 9 heteroatoms. The second-order valence-electron chi connectivity index (χ2n) is 14.3. The van der Waals surface area contributed by atoms with Crippen LogP contribution in [-0.2, 0) is 14.3 Å². The van der Waals surface area contributed by atoms with E-state index in [-0.39, 0.29) is 38.4 Å². The van der Waals surface area contributed by atoms with Gasteiger partial charge in [-0.15, -0.1) is 0 Å². The molecule has 0 saturated carbocycles. The van der Waals surface area contributed by atoms with Crippen molar-refractivity contribution in [1.82, 2.24) is 0 Å². The van der Waals surface area contributed by atoms with Crippen LogP contribution >= 0.6 is 0 Å². The van der Waals surface area contributed by atoms with Gasteiger partial charge < -0.3 is 35.4 Å². The van der Waals surface area contributed by atoms with E-state index in [0.717, 1.165) is 25.7 Å². The van der Waals surface area contributed by atoms with Crippen molar-refractivity contribution in [3.8, 4) is 0 Å². The number of aliphatic hydroxyl groups is 6. The first-order valence-corrected chi connectivity index (χ1v) is 21.4. The third kappa shape index (κ3) is 53.4. The summed E-state index contributed by atoms with van der Waals surface area (Å²) in [5.41, 5.74) is 0. The summed E-state index contributed by atoms with van der Waals surface area (Å²) in [6.07, 6.45) is 38.2. The van der Waals surface area contributed by atoms with Crippen molar-refractivity contribution in [2.45, 2.75) is 232 Å². The topological polar surface area (TPSA) is 165 Å². The SMILES string of the molecule is CCCCCCCCCCCCCCCCCC(=O)OC(=O)CCCCCCCCCCCCCCCCC.OCC(O)CO.OCC(O)CO. The van der Waals surface area contributed by atoms with Crippen LogP contribution in [0.15, 0.2) is 0 Å². The Kier molecular flexibility index (Phi) is 52.0. The fraction of sp³-hybridized carbons (Fsp3) is 0.952. The molecule has 6 N–H and O–H groups in total. The maximum atomic E-state index is 11.9. The first-order chi connectivity index (χ1) is 24.8. The smallest absolute Gasteiger partial charge is 0.313 e. The highest BCUT2D eigenvalue weighted by Gasteiger charge is 2.10. The molecule has 0 aromatic rings. The van der Waals surface area contributed by atoms with Crippen LogP contribution < -0.4 is 0 Å². The van der Waals surface area contributed by atoms with Crippen LogP contribution in [0.5, 0.6) is 0 Å². The number of esters is 2. The standard InChI is InChI=1S/C36H70O3.2C3H8O3/c1-3-5-7-9-11-13-15-17-19-21-23-25-27-29-31-33-35(37)39-36(38)34-32-30-28-26-24-22-20-18-16-14-12-10-8-6-4-2;2*4-1-3(6)2-5/h3-34H2,1-2H3;2*3-6H,1-2H2. The first kappa shape index (κ1) is 54.2. The van der Waals surface area contributed by atoms with Crippen LogP contribution in [0.25, 0.3) is 0 Å². The van der Waals surface area contributed by atoms with Crippen molar-refractivity contribution < 1.29 is 45.0 Å². The minimum Gasteiger partial charge on any atom is -0.394 e. The number of carbonyl (C=O) groups excluding carboxylic acids is 2. The monoisotopic (exact) mass is 735 g/mol. The van der Waals surface area contributed by atoms with Gasteiger partial charge in [0.25, 0.3) is 0 Å². The predicted molar refractivity (Wildman–Crippen MR) is 211 cm³/mol. The van der Waals surface area contributed by atoms with E-state index in [1.807, 2.05) is 0 Å². The van der Waals surface area contributed by atoms with Crippen LogP contribution in [-0.4, -0.2) is 81.2 Å². The molecule has 0 aliphatic carbocycles. The summed E-state index contributed by atoms with van der Waals surface area (Å²) in [5, 5.41) is 48.0. The molecule has 0 amide bonds. The van der Waals surface area contributed by atoms with Gasteiger partial charge in [0, 0.05) is 12.8 Å². The Balaban J connectivity index is -0.00000163. The zero-order valence-electron chi connectivity index (χ0n) is 33.5. The van der Waals surface area contributed by atoms with Crippen molar-refractivity contribution >= 4 is 11.9 Å². The lowest BCUT2D eigenvalue weighted by Gasteiger charge is -2.05. The summed E-state index contributed by atoms with van der Waals surface area (Å²) in [4.78, 5) is 23.8. The third-order valence-electron chi connectivity index (χ3n) is 9.04. The molecule has 0 bridgehead atoms. The predicted octanol–water partition coefficient (Wildman–Crippen LogP) is 9.24. The van der Waals surface area contributed by atoms with E-state index >= 15 is 0 Å². The van der Waals surface area contributed by atoms with E-state index in [4.69, 9.17) is 35.4 Å². The first-order valence-electron chi connectivity index (χ1n) is 21.4. The average molecular weight is 735 g/mol. The Bertz CT molecular complexity index is 600. The molecular formula is C42H86O9. The van der Waals surface area contributed by atoms with Crippen LogP contribution in [0.4, 0.5) is 0 Å². The van der Waals surface area contributed by atoms with Gasteiger partial charge >= 0.3 is 11.9 Å². The summed E-state index contributed by atoms with van der Waals surface area (Å²) in [7, 11) is 0. The second kappa shape index (κ2) is 48.9. The minimum absolute atomic E-state index is 0.323. The number of ether oxygens (including phenoxy) is 1. The summed E-state index contributed by atoms with van der Waals surface area (Å²) in [6, 6.07) is 0. The molecule has 51 heavy (non-hydrogen) atoms. The molecule has 0 saturated heterocycles. The molecule has 0 atom stereocenters. The van der Waals surface area contributed by atoms with Gasteiger partial charge in [-0.2, -0.15) is 0 Å². The molecule has 0 aliphatic heterocycles. The largest absolute Gasteiger partial charge is 0.394 e. The molecule has 9 nitrogen and oxygen atoms in total. The van der Waals surface area contributed by atoms with E-state index < -0.39 is 12.2 Å². The zero-order chi connectivity index (χ0) is 38.5. The van der Waals surface area contributed by atoms with Crippen molar-refractivity contribution in [3.05, 3.63) is 0 Å². The van der Waals surface area contributed by atoms with Gasteiger partial charge in [0.05, 0.1) is 26.4 Å². The molecule has 0 heterocycles. The lowest BCUT2D eigenvalue weighted by atomic mass is 10.0. The number of hydrogen-bond acceptors (Lipinski definition) is 9. The van der Waals surface area contributed by atoms with E-state index in [1.165, 1.54) is 167 Å². The van der Waals surface area contributed by atoms with Gasteiger partial charge in [-0.3, -0.25) is 9.59 Å². The Morgan fingerprint density at radius 1 is 0.353 bits per heavy atom. The van der Waals surface area contributed by atoms with Crippen molar-refractivity contribution in [1.29, 1.82) is 0 Å². The van der Waals surface area contributed by atoms with Crippen LogP contribution in [0.1, 0.15) is 219 Å². The summed E-state index contributed by atoms with van der Waals surface area (Å²) in [5.74, 6) is -0.647. The minimum atomic E-state index is -0.954. The zero-order valence-corrected chi connectivity index (χ0v) is 33.5. The maximum absolute atomic E-state index is 11.9. The summed E-state index contributed by atoms with van der Waals surface area (Å²) in [6.45, 7) is 3.10. The van der Waals surface area contributed by atoms with E-state index in [0.29, 0.717) is 12.8 Å². The molecule has 0 fully saturated rings. The molecule has 0 radical (unpaired) electrons. The Hall–Kier alpha value is -1.10. The number of carbonyl (C=O) groups is 2. The molecule has 0 aromatic heterocycles. The number of aliphatic hydroxyl groups excluding tert-OH is 6. The molecular weight excluding hydrogens is 648 g/mol. The van der Waals surface area contributed by atoms with Crippen LogP contribution in [0.2, 0.25) is 0 Å². The molecule has 0 aromatic carbocycles. The van der Waals surface area contributed by atoms with E-state index in [9.17, 15) is 9.59 Å². The fourth-order valence-corrected chi connectivity index (χ4v) is 5.63. The third-order valence-corrected chi connectivity index (χ3v) is 9.04.